The average Bonchev–Trinajstić information content (AvgIpc) is 2.60. The lowest BCUT2D eigenvalue weighted by Crippen LogP contribution is -2.14. The third-order valence-electron chi connectivity index (χ3n) is 3.85. The highest BCUT2D eigenvalue weighted by atomic mass is 31.2. The lowest BCUT2D eigenvalue weighted by molar-refractivity contribution is -0.145. The Morgan fingerprint density at radius 2 is 1.60 bits per heavy atom. The quantitative estimate of drug-likeness (QED) is 0.641. The van der Waals surface area contributed by atoms with Gasteiger partial charge in [0.1, 0.15) is 0 Å². The van der Waals surface area contributed by atoms with E-state index in [4.69, 9.17) is 4.52 Å². The van der Waals surface area contributed by atoms with Crippen LogP contribution in [0.1, 0.15) is 17.2 Å². The van der Waals surface area contributed by atoms with Crippen LogP contribution in [0.15, 0.2) is 72.8 Å². The predicted octanol–water partition coefficient (Wildman–Crippen LogP) is 4.37. The van der Waals surface area contributed by atoms with E-state index in [0.29, 0.717) is 11.1 Å². The van der Waals surface area contributed by atoms with Crippen LogP contribution in [0.25, 0.3) is 10.8 Å². The van der Waals surface area contributed by atoms with Gasteiger partial charge in [0.05, 0.1) is 6.16 Å². The number of fused-ring (bicyclic) bond motifs is 1. The number of aliphatic carboxylic acids is 1. The molecule has 2 atom stereocenters. The Bertz CT molecular complexity index is 933. The number of hydrogen-bond donors (Lipinski definition) is 2. The molecule has 0 fully saturated rings. The van der Waals surface area contributed by atoms with Crippen molar-refractivity contribution in [3.8, 4) is 0 Å². The van der Waals surface area contributed by atoms with Crippen LogP contribution >= 0.6 is 7.60 Å². The van der Waals surface area contributed by atoms with Crippen LogP contribution in [-0.4, -0.2) is 16.0 Å². The van der Waals surface area contributed by atoms with Crippen molar-refractivity contribution in [2.24, 2.45) is 0 Å². The maximum Gasteiger partial charge on any atom is 0.338 e. The van der Waals surface area contributed by atoms with Crippen molar-refractivity contribution in [2.75, 3.05) is 0 Å². The fourth-order valence-corrected chi connectivity index (χ4v) is 4.05. The van der Waals surface area contributed by atoms with Crippen LogP contribution in [-0.2, 0) is 20.0 Å². The first kappa shape index (κ1) is 17.4. The molecule has 0 saturated heterocycles. The Labute approximate surface area is 145 Å². The average molecular weight is 356 g/mol. The molecule has 0 aromatic heterocycles. The number of carbonyl (C=O) groups is 1. The summed E-state index contributed by atoms with van der Waals surface area (Å²) in [5, 5.41) is 11.2. The smallest absolute Gasteiger partial charge is 0.338 e. The molecule has 128 valence electrons. The first-order valence-corrected chi connectivity index (χ1v) is 9.47. The van der Waals surface area contributed by atoms with Crippen LogP contribution in [0.2, 0.25) is 0 Å². The molecule has 3 aromatic carbocycles. The molecule has 0 bridgehead atoms. The molecular formula is C19H17O5P. The molecule has 0 heterocycles. The van der Waals surface area contributed by atoms with E-state index in [-0.39, 0.29) is 6.16 Å². The predicted molar refractivity (Wildman–Crippen MR) is 95.4 cm³/mol. The SMILES string of the molecule is O=C(O)C(OP(=O)(O)Cc1cccc2ccccc12)c1ccccc1. The molecule has 0 amide bonds. The van der Waals surface area contributed by atoms with Gasteiger partial charge in [-0.2, -0.15) is 0 Å². The third kappa shape index (κ3) is 4.15. The van der Waals surface area contributed by atoms with E-state index in [1.54, 1.807) is 42.5 Å². The Morgan fingerprint density at radius 3 is 2.32 bits per heavy atom. The topological polar surface area (TPSA) is 83.8 Å². The molecular weight excluding hydrogens is 339 g/mol. The second-order valence-corrected chi connectivity index (χ2v) is 7.47. The van der Waals surface area contributed by atoms with Gasteiger partial charge in [0.15, 0.2) is 6.10 Å². The molecule has 2 unspecified atom stereocenters. The van der Waals surface area contributed by atoms with Crippen molar-refractivity contribution in [1.82, 2.24) is 0 Å². The van der Waals surface area contributed by atoms with E-state index < -0.39 is 19.7 Å². The zero-order chi connectivity index (χ0) is 17.9. The van der Waals surface area contributed by atoms with Crippen LogP contribution in [0, 0.1) is 0 Å². The molecule has 0 aliphatic rings. The van der Waals surface area contributed by atoms with Crippen molar-refractivity contribution >= 4 is 24.3 Å². The van der Waals surface area contributed by atoms with E-state index in [9.17, 15) is 19.4 Å². The largest absolute Gasteiger partial charge is 0.479 e. The molecule has 0 aliphatic heterocycles. The number of rotatable bonds is 6. The molecule has 3 aromatic rings. The van der Waals surface area contributed by atoms with Crippen LogP contribution in [0.4, 0.5) is 0 Å². The van der Waals surface area contributed by atoms with Crippen LogP contribution in [0.3, 0.4) is 0 Å². The van der Waals surface area contributed by atoms with Crippen LogP contribution < -0.4 is 0 Å². The lowest BCUT2D eigenvalue weighted by Gasteiger charge is -2.19. The van der Waals surface area contributed by atoms with E-state index in [0.717, 1.165) is 10.8 Å². The maximum atomic E-state index is 12.6. The number of carboxylic acids is 1. The van der Waals surface area contributed by atoms with Gasteiger partial charge in [-0.15, -0.1) is 0 Å². The van der Waals surface area contributed by atoms with Gasteiger partial charge in [-0.1, -0.05) is 72.8 Å². The number of hydrogen-bond acceptors (Lipinski definition) is 3. The first-order valence-electron chi connectivity index (χ1n) is 7.71. The summed E-state index contributed by atoms with van der Waals surface area (Å²) in [6.45, 7) is 0. The summed E-state index contributed by atoms with van der Waals surface area (Å²) in [5.41, 5.74) is 0.961. The fourth-order valence-electron chi connectivity index (χ4n) is 2.72. The molecule has 5 nitrogen and oxygen atoms in total. The van der Waals surface area contributed by atoms with Crippen molar-refractivity contribution in [3.05, 3.63) is 83.9 Å². The van der Waals surface area contributed by atoms with Gasteiger partial charge in [-0.25, -0.2) is 4.79 Å². The van der Waals surface area contributed by atoms with Crippen molar-refractivity contribution in [1.29, 1.82) is 0 Å². The summed E-state index contributed by atoms with van der Waals surface area (Å²) in [7, 11) is -4.18. The Hall–Kier alpha value is -2.46. The van der Waals surface area contributed by atoms with Crippen LogP contribution in [0.5, 0.6) is 0 Å². The van der Waals surface area contributed by atoms with Gasteiger partial charge >= 0.3 is 13.6 Å². The van der Waals surface area contributed by atoms with E-state index in [1.807, 2.05) is 30.3 Å². The van der Waals surface area contributed by atoms with Crippen molar-refractivity contribution in [2.45, 2.75) is 12.3 Å². The molecule has 2 N–H and O–H groups in total. The zero-order valence-electron chi connectivity index (χ0n) is 13.3. The van der Waals surface area contributed by atoms with Crippen molar-refractivity contribution in [3.63, 3.8) is 0 Å². The van der Waals surface area contributed by atoms with E-state index >= 15 is 0 Å². The van der Waals surface area contributed by atoms with Gasteiger partial charge in [0.2, 0.25) is 0 Å². The summed E-state index contributed by atoms with van der Waals surface area (Å²) in [6.07, 6.45) is -1.75. The number of carboxylic acid groups (broad SMARTS) is 1. The van der Waals surface area contributed by atoms with Crippen molar-refractivity contribution < 1.29 is 23.9 Å². The zero-order valence-corrected chi connectivity index (χ0v) is 14.2. The Balaban J connectivity index is 1.88. The summed E-state index contributed by atoms with van der Waals surface area (Å²) in [5.74, 6) is -1.31. The molecule has 0 spiro atoms. The van der Waals surface area contributed by atoms with Gasteiger partial charge in [0.25, 0.3) is 0 Å². The van der Waals surface area contributed by atoms with Gasteiger partial charge in [-0.3, -0.25) is 9.09 Å². The standard InChI is InChI=1S/C19H17O5P/c20-19(21)18(15-8-2-1-3-9-15)24-25(22,23)13-16-11-6-10-14-7-4-5-12-17(14)16/h1-12,18H,13H2,(H,20,21)(H,22,23). The summed E-state index contributed by atoms with van der Waals surface area (Å²) in [4.78, 5) is 21.8. The molecule has 25 heavy (non-hydrogen) atoms. The van der Waals surface area contributed by atoms with E-state index in [1.165, 1.54) is 0 Å². The summed E-state index contributed by atoms with van der Waals surface area (Å²) < 4.78 is 17.7. The normalized spacial score (nSPS) is 14.8. The monoisotopic (exact) mass is 356 g/mol. The molecule has 6 heteroatoms. The third-order valence-corrected chi connectivity index (χ3v) is 5.13. The molecule has 3 rings (SSSR count). The second-order valence-electron chi connectivity index (χ2n) is 5.67. The first-order chi connectivity index (χ1) is 12.0. The molecule has 0 radical (unpaired) electrons. The highest BCUT2D eigenvalue weighted by molar-refractivity contribution is 7.52. The fraction of sp³-hybridized carbons (Fsp3) is 0.105. The number of benzene rings is 3. The second kappa shape index (κ2) is 7.19. The van der Waals surface area contributed by atoms with E-state index in [2.05, 4.69) is 0 Å². The minimum Gasteiger partial charge on any atom is -0.479 e. The molecule has 0 saturated carbocycles. The lowest BCUT2D eigenvalue weighted by atomic mass is 10.1. The summed E-state index contributed by atoms with van der Waals surface area (Å²) in [6, 6.07) is 21.1. The Kier molecular flexibility index (Phi) is 5.00. The maximum absolute atomic E-state index is 12.6. The highest BCUT2D eigenvalue weighted by Crippen LogP contribution is 2.50. The highest BCUT2D eigenvalue weighted by Gasteiger charge is 2.31. The Morgan fingerprint density at radius 1 is 0.960 bits per heavy atom. The van der Waals surface area contributed by atoms with Gasteiger partial charge in [-0.05, 0) is 21.9 Å². The summed E-state index contributed by atoms with van der Waals surface area (Å²) >= 11 is 0. The minimum atomic E-state index is -4.18. The molecule has 0 aliphatic carbocycles. The van der Waals surface area contributed by atoms with Gasteiger partial charge in [0, 0.05) is 0 Å². The van der Waals surface area contributed by atoms with Gasteiger partial charge < -0.3 is 10.00 Å². The minimum absolute atomic E-state index is 0.259.